The SMILES string of the molecule is C[Si]1(C)c2ccccc2-c2c1cc(-c1nc(-c3cccc(-c4ccccc4)c3)nc(-c3cc4ccccc4c4ccccc34)n1)c1c2oc2ccccc21. The molecule has 0 fully saturated rings. The Hall–Kier alpha value is -6.69. The molecule has 254 valence electrons. The largest absolute Gasteiger partial charge is 0.455 e. The van der Waals surface area contributed by atoms with Gasteiger partial charge in [0.2, 0.25) is 0 Å². The minimum atomic E-state index is -2.11. The Morgan fingerprint density at radius 3 is 1.91 bits per heavy atom. The minimum Gasteiger partial charge on any atom is -0.455 e. The molecule has 0 aliphatic carbocycles. The normalized spacial score (nSPS) is 13.1. The molecule has 1 aliphatic heterocycles. The van der Waals surface area contributed by atoms with Crippen molar-refractivity contribution >= 4 is 61.9 Å². The number of hydrogen-bond acceptors (Lipinski definition) is 4. The van der Waals surface area contributed by atoms with E-state index in [1.165, 1.54) is 32.3 Å². The summed E-state index contributed by atoms with van der Waals surface area (Å²) in [5.74, 6) is 1.91. The standard InChI is InChI=1S/C49H33N3OSi/c1-54(2)42-26-13-11-24-38(42)45-43(54)29-40(44-37-23-10-12-25-41(37)53-46(44)45)49-51-47(33-19-14-18-31(27-33)30-15-4-3-5-16-30)50-48(52-49)39-28-32-17-6-7-20-34(32)35-21-8-9-22-36(35)39/h3-29H,1-2H3. The Bertz CT molecular complexity index is 3150. The summed E-state index contributed by atoms with van der Waals surface area (Å²) >= 11 is 0. The smallest absolute Gasteiger partial charge is 0.164 e. The summed E-state index contributed by atoms with van der Waals surface area (Å²) in [6, 6.07) is 58.0. The second-order valence-electron chi connectivity index (χ2n) is 14.8. The molecule has 0 spiro atoms. The Balaban J connectivity index is 1.25. The van der Waals surface area contributed by atoms with Crippen molar-refractivity contribution in [3.8, 4) is 56.4 Å². The van der Waals surface area contributed by atoms with Crippen molar-refractivity contribution in [2.24, 2.45) is 0 Å². The summed E-state index contributed by atoms with van der Waals surface area (Å²) in [6.07, 6.45) is 0. The molecule has 54 heavy (non-hydrogen) atoms. The topological polar surface area (TPSA) is 51.8 Å². The van der Waals surface area contributed by atoms with E-state index < -0.39 is 8.07 Å². The molecule has 8 aromatic carbocycles. The van der Waals surface area contributed by atoms with E-state index in [9.17, 15) is 0 Å². The van der Waals surface area contributed by atoms with Crippen LogP contribution in [0.5, 0.6) is 0 Å². The van der Waals surface area contributed by atoms with Crippen LogP contribution in [0.3, 0.4) is 0 Å². The van der Waals surface area contributed by atoms with Crippen molar-refractivity contribution in [2.75, 3.05) is 0 Å². The molecule has 11 rings (SSSR count). The molecule has 0 bridgehead atoms. The molecule has 5 heteroatoms. The molecule has 4 nitrogen and oxygen atoms in total. The predicted octanol–water partition coefficient (Wildman–Crippen LogP) is 11.5. The van der Waals surface area contributed by atoms with Crippen molar-refractivity contribution in [2.45, 2.75) is 13.1 Å². The van der Waals surface area contributed by atoms with Gasteiger partial charge in [0.25, 0.3) is 0 Å². The lowest BCUT2D eigenvalue weighted by Gasteiger charge is -2.19. The lowest BCUT2D eigenvalue weighted by atomic mass is 9.96. The lowest BCUT2D eigenvalue weighted by Crippen LogP contribution is -2.49. The zero-order chi connectivity index (χ0) is 36.0. The van der Waals surface area contributed by atoms with Crippen LogP contribution in [0.4, 0.5) is 0 Å². The predicted molar refractivity (Wildman–Crippen MR) is 226 cm³/mol. The summed E-state index contributed by atoms with van der Waals surface area (Å²) in [5.41, 5.74) is 9.38. The van der Waals surface area contributed by atoms with Crippen molar-refractivity contribution < 1.29 is 4.42 Å². The van der Waals surface area contributed by atoms with Gasteiger partial charge in [0.15, 0.2) is 17.5 Å². The average Bonchev–Trinajstić information content (AvgIpc) is 3.73. The maximum absolute atomic E-state index is 6.86. The highest BCUT2D eigenvalue weighted by molar-refractivity contribution is 7.04. The van der Waals surface area contributed by atoms with Crippen molar-refractivity contribution in [3.63, 3.8) is 0 Å². The van der Waals surface area contributed by atoms with Gasteiger partial charge in [0.05, 0.1) is 0 Å². The van der Waals surface area contributed by atoms with E-state index >= 15 is 0 Å². The van der Waals surface area contributed by atoms with Gasteiger partial charge in [0, 0.05) is 33.0 Å². The van der Waals surface area contributed by atoms with Gasteiger partial charge in [0.1, 0.15) is 19.2 Å². The average molecular weight is 708 g/mol. The summed E-state index contributed by atoms with van der Waals surface area (Å²) in [4.78, 5) is 16.2. The fraction of sp³-hybridized carbons (Fsp3) is 0.0408. The third-order valence-corrected chi connectivity index (χ3v) is 14.8. The molecule has 0 amide bonds. The van der Waals surface area contributed by atoms with Gasteiger partial charge in [-0.25, -0.2) is 15.0 Å². The number of nitrogens with zero attached hydrogens (tertiary/aromatic N) is 3. The van der Waals surface area contributed by atoms with Crippen LogP contribution in [0, 0.1) is 0 Å². The van der Waals surface area contributed by atoms with Crippen LogP contribution in [-0.2, 0) is 0 Å². The number of furan rings is 1. The van der Waals surface area contributed by atoms with E-state index in [1.807, 2.05) is 12.1 Å². The van der Waals surface area contributed by atoms with Crippen LogP contribution in [0.15, 0.2) is 168 Å². The van der Waals surface area contributed by atoms with Gasteiger partial charge in [-0.3, -0.25) is 0 Å². The van der Waals surface area contributed by atoms with Gasteiger partial charge in [-0.15, -0.1) is 0 Å². The van der Waals surface area contributed by atoms with E-state index in [2.05, 4.69) is 165 Å². The van der Waals surface area contributed by atoms with Gasteiger partial charge >= 0.3 is 0 Å². The maximum Gasteiger partial charge on any atom is 0.164 e. The zero-order valence-electron chi connectivity index (χ0n) is 29.8. The number of benzene rings is 8. The summed E-state index contributed by atoms with van der Waals surface area (Å²) in [7, 11) is -2.11. The van der Waals surface area contributed by atoms with Gasteiger partial charge in [-0.2, -0.15) is 0 Å². The van der Waals surface area contributed by atoms with Crippen molar-refractivity contribution in [1.29, 1.82) is 0 Å². The second-order valence-corrected chi connectivity index (χ2v) is 19.1. The quantitative estimate of drug-likeness (QED) is 0.135. The van der Waals surface area contributed by atoms with Crippen LogP contribution in [0.25, 0.3) is 99.9 Å². The van der Waals surface area contributed by atoms with E-state index in [0.717, 1.165) is 60.5 Å². The molecule has 3 heterocycles. The molecule has 0 saturated heterocycles. The summed E-state index contributed by atoms with van der Waals surface area (Å²) in [6.45, 7) is 4.88. The van der Waals surface area contributed by atoms with Crippen molar-refractivity contribution in [1.82, 2.24) is 15.0 Å². The second kappa shape index (κ2) is 11.7. The zero-order valence-corrected chi connectivity index (χ0v) is 30.8. The van der Waals surface area contributed by atoms with Crippen LogP contribution in [0.2, 0.25) is 13.1 Å². The van der Waals surface area contributed by atoms with Crippen molar-refractivity contribution in [3.05, 3.63) is 164 Å². The monoisotopic (exact) mass is 707 g/mol. The molecule has 0 N–H and O–H groups in total. The van der Waals surface area contributed by atoms with Crippen LogP contribution in [0.1, 0.15) is 0 Å². The number of fused-ring (bicyclic) bond motifs is 10. The first-order valence-corrected chi connectivity index (χ1v) is 21.4. The number of hydrogen-bond donors (Lipinski definition) is 0. The molecule has 10 aromatic rings. The van der Waals surface area contributed by atoms with Crippen LogP contribution >= 0.6 is 0 Å². The lowest BCUT2D eigenvalue weighted by molar-refractivity contribution is 0.670. The minimum absolute atomic E-state index is 0.631. The van der Waals surface area contributed by atoms with E-state index in [-0.39, 0.29) is 0 Å². The Kier molecular flexibility index (Phi) is 6.67. The summed E-state index contributed by atoms with van der Waals surface area (Å²) in [5, 5.41) is 9.49. The van der Waals surface area contributed by atoms with E-state index in [1.54, 1.807) is 0 Å². The van der Waals surface area contributed by atoms with Crippen LogP contribution in [-0.4, -0.2) is 23.0 Å². The number of para-hydroxylation sites is 1. The highest BCUT2D eigenvalue weighted by Gasteiger charge is 2.40. The molecule has 0 saturated carbocycles. The molecular formula is C49H33N3OSi. The Morgan fingerprint density at radius 2 is 1.06 bits per heavy atom. The number of rotatable bonds is 4. The summed E-state index contributed by atoms with van der Waals surface area (Å²) < 4.78 is 6.86. The third-order valence-electron chi connectivity index (χ3n) is 11.3. The third kappa shape index (κ3) is 4.58. The molecule has 0 unspecified atom stereocenters. The highest BCUT2D eigenvalue weighted by Crippen LogP contribution is 2.44. The molecule has 1 aliphatic rings. The first kappa shape index (κ1) is 30.9. The molecule has 0 atom stereocenters. The number of aromatic nitrogens is 3. The van der Waals surface area contributed by atoms with E-state index in [4.69, 9.17) is 19.4 Å². The van der Waals surface area contributed by atoms with Gasteiger partial charge in [-0.1, -0.05) is 153 Å². The molecule has 0 radical (unpaired) electrons. The van der Waals surface area contributed by atoms with Gasteiger partial charge in [-0.05, 0) is 72.9 Å². The first-order chi connectivity index (χ1) is 26.5. The maximum atomic E-state index is 6.86. The van der Waals surface area contributed by atoms with Gasteiger partial charge < -0.3 is 4.42 Å². The Labute approximate surface area is 313 Å². The Morgan fingerprint density at radius 1 is 0.426 bits per heavy atom. The first-order valence-electron chi connectivity index (χ1n) is 18.4. The molecule has 2 aromatic heterocycles. The van der Waals surface area contributed by atoms with Crippen LogP contribution < -0.4 is 10.4 Å². The fourth-order valence-corrected chi connectivity index (χ4v) is 11.7. The van der Waals surface area contributed by atoms with E-state index in [0.29, 0.717) is 17.5 Å². The molecular weight excluding hydrogens is 675 g/mol. The highest BCUT2D eigenvalue weighted by atomic mass is 28.3. The fourth-order valence-electron chi connectivity index (χ4n) is 8.68.